The van der Waals surface area contributed by atoms with Gasteiger partial charge in [-0.2, -0.15) is 5.10 Å². The molecule has 4 saturated heterocycles. The van der Waals surface area contributed by atoms with Crippen LogP contribution in [0.1, 0.15) is 80.4 Å². The summed E-state index contributed by atoms with van der Waals surface area (Å²) < 4.78 is 21.0. The zero-order chi connectivity index (χ0) is 51.7. The molecule has 18 nitrogen and oxygen atoms in total. The topological polar surface area (TPSA) is 184 Å². The Labute approximate surface area is 437 Å². The lowest BCUT2D eigenvalue weighted by molar-refractivity contribution is -0.134. The van der Waals surface area contributed by atoms with Crippen LogP contribution in [0.3, 0.4) is 0 Å². The number of piperazine rings is 2. The molecule has 1 unspecified atom stereocenters. The molecule has 10 rings (SSSR count). The number of H-pyrrole nitrogens is 1. The number of carbonyl (C=O) groups excluding carboxylic acids is 4. The zero-order valence-electron chi connectivity index (χ0n) is 42.8. The lowest BCUT2D eigenvalue weighted by Gasteiger charge is -2.39. The van der Waals surface area contributed by atoms with E-state index in [0.29, 0.717) is 119 Å². The van der Waals surface area contributed by atoms with Crippen molar-refractivity contribution in [3.8, 4) is 0 Å². The Morgan fingerprint density at radius 1 is 0.733 bits per heavy atom. The van der Waals surface area contributed by atoms with Gasteiger partial charge in [0.05, 0.1) is 48.6 Å². The van der Waals surface area contributed by atoms with Gasteiger partial charge in [-0.15, -0.1) is 0 Å². The minimum absolute atomic E-state index is 0.0109. The molecule has 0 bridgehead atoms. The summed E-state index contributed by atoms with van der Waals surface area (Å²) in [5.41, 5.74) is 4.85. The van der Waals surface area contributed by atoms with E-state index >= 15 is 4.39 Å². The maximum atomic E-state index is 15.1. The Morgan fingerprint density at radius 3 is 2.31 bits per heavy atom. The van der Waals surface area contributed by atoms with E-state index in [0.717, 1.165) is 101 Å². The second-order valence-electron chi connectivity index (χ2n) is 20.9. The summed E-state index contributed by atoms with van der Waals surface area (Å²) in [6, 6.07) is 19.5. The fourth-order valence-electron chi connectivity index (χ4n) is 11.5. The molecule has 7 heterocycles. The van der Waals surface area contributed by atoms with Crippen molar-refractivity contribution < 1.29 is 28.3 Å². The molecular weight excluding hydrogens is 956 g/mol. The highest BCUT2D eigenvalue weighted by Crippen LogP contribution is 2.29. The molecule has 3 aromatic carbocycles. The number of likely N-dealkylation sites (tertiary alicyclic amines) is 2. The van der Waals surface area contributed by atoms with Crippen LogP contribution in [0.2, 0.25) is 0 Å². The summed E-state index contributed by atoms with van der Waals surface area (Å²) in [6.07, 6.45) is 7.73. The van der Waals surface area contributed by atoms with Crippen LogP contribution in [0.25, 0.3) is 10.8 Å². The number of halogens is 1. The number of piperidine rings is 2. The van der Waals surface area contributed by atoms with E-state index in [9.17, 15) is 24.0 Å². The molecule has 0 radical (unpaired) electrons. The van der Waals surface area contributed by atoms with E-state index < -0.39 is 11.7 Å². The Hall–Kier alpha value is -6.51. The van der Waals surface area contributed by atoms with E-state index in [1.807, 2.05) is 46.3 Å². The summed E-state index contributed by atoms with van der Waals surface area (Å²) in [7, 11) is 0. The van der Waals surface area contributed by atoms with Crippen LogP contribution >= 0.6 is 0 Å². The number of benzene rings is 3. The normalized spacial score (nSPS) is 19.4. The number of ether oxygens (including phenoxy) is 1. The standard InChI is InChI=1S/C56H69FN12O6/c57-49-11-10-41(30-50-46-8-1-2-9-47(46)55(73)62-61-50)29-48(49)56(74)68-24-22-67(23-25-68)52(70)37-64-16-12-40(13-17-64)33-65-20-18-63(19-21-65)26-28-75-27-14-59-54(72)43-6-3-5-42(31-43)44-7-4-15-69(35-44)53(71)38-66-34-45-32-58-39-60-51(45)36-66/h1-3,5-6,8-11,29,31-32,39-40,44H,4,7,12-28,30,33-38H2,(H,59,72)(H,62,73). The van der Waals surface area contributed by atoms with Crippen molar-refractivity contribution in [3.63, 3.8) is 0 Å². The van der Waals surface area contributed by atoms with E-state index in [2.05, 4.69) is 51.1 Å². The van der Waals surface area contributed by atoms with Gasteiger partial charge >= 0.3 is 0 Å². The van der Waals surface area contributed by atoms with Crippen LogP contribution in [0.4, 0.5) is 4.39 Å². The fraction of sp³-hybridized carbons (Fsp3) is 0.500. The first-order chi connectivity index (χ1) is 36.6. The van der Waals surface area contributed by atoms with Gasteiger partial charge < -0.3 is 29.7 Å². The third kappa shape index (κ3) is 13.1. The second kappa shape index (κ2) is 24.4. The number of carbonyl (C=O) groups is 4. The van der Waals surface area contributed by atoms with E-state index in [1.54, 1.807) is 35.5 Å². The Bertz CT molecular complexity index is 2850. The van der Waals surface area contributed by atoms with Crippen molar-refractivity contribution in [1.29, 1.82) is 0 Å². The Morgan fingerprint density at radius 2 is 1.49 bits per heavy atom. The molecular formula is C56H69FN12O6. The summed E-state index contributed by atoms with van der Waals surface area (Å²) in [6.45, 7) is 14.2. The van der Waals surface area contributed by atoms with Gasteiger partial charge in [-0.1, -0.05) is 36.4 Å². The zero-order valence-corrected chi connectivity index (χ0v) is 42.8. The van der Waals surface area contributed by atoms with Gasteiger partial charge in [-0.05, 0) is 86.1 Å². The highest BCUT2D eigenvalue weighted by molar-refractivity contribution is 5.95. The van der Waals surface area contributed by atoms with Crippen molar-refractivity contribution >= 4 is 34.4 Å². The lowest BCUT2D eigenvalue weighted by Crippen LogP contribution is -2.53. The smallest absolute Gasteiger partial charge is 0.272 e. The maximum absolute atomic E-state index is 15.1. The summed E-state index contributed by atoms with van der Waals surface area (Å²) >= 11 is 0. The third-order valence-electron chi connectivity index (χ3n) is 15.9. The SMILES string of the molecule is O=C(NCCOCCN1CCN(CC2CCN(CC(=O)N3CCN(C(=O)c4cc(Cc5n[nH]c(=O)c6ccccc56)ccc4F)CC3)CC2)CC1)c1cccc(C2CCCN(C(=O)CN3Cc4cncnc4C3)C2)c1. The second-order valence-corrected chi connectivity index (χ2v) is 20.9. The van der Waals surface area contributed by atoms with Gasteiger partial charge in [-0.25, -0.2) is 19.5 Å². The van der Waals surface area contributed by atoms with Crippen molar-refractivity contribution in [2.24, 2.45) is 5.92 Å². The maximum Gasteiger partial charge on any atom is 0.272 e. The van der Waals surface area contributed by atoms with Crippen LogP contribution in [-0.2, 0) is 33.8 Å². The number of hydrogen-bond acceptors (Lipinski definition) is 13. The number of nitrogens with one attached hydrogen (secondary N) is 2. The largest absolute Gasteiger partial charge is 0.378 e. The summed E-state index contributed by atoms with van der Waals surface area (Å²) in [5, 5.41) is 11.0. The molecule has 2 N–H and O–H groups in total. The number of amides is 4. The Kier molecular flexibility index (Phi) is 16.9. The Balaban J connectivity index is 0.568. The van der Waals surface area contributed by atoms with Gasteiger partial charge in [-0.3, -0.25) is 38.7 Å². The summed E-state index contributed by atoms with van der Waals surface area (Å²) in [4.78, 5) is 89.0. The molecule has 19 heteroatoms. The van der Waals surface area contributed by atoms with E-state index in [4.69, 9.17) is 4.74 Å². The fourth-order valence-corrected chi connectivity index (χ4v) is 11.5. The minimum Gasteiger partial charge on any atom is -0.378 e. The van der Waals surface area contributed by atoms with Crippen molar-refractivity contribution in [2.45, 2.75) is 51.1 Å². The number of nitrogens with zero attached hydrogens (tertiary/aromatic N) is 10. The van der Waals surface area contributed by atoms with Crippen LogP contribution in [0.15, 0.2) is 84.0 Å². The quantitative estimate of drug-likeness (QED) is 0.130. The number of rotatable bonds is 17. The molecule has 0 aliphatic carbocycles. The molecule has 0 saturated carbocycles. The van der Waals surface area contributed by atoms with Crippen LogP contribution < -0.4 is 10.9 Å². The summed E-state index contributed by atoms with van der Waals surface area (Å²) in [5.74, 6) is -0.134. The first-order valence-corrected chi connectivity index (χ1v) is 26.8. The molecule has 5 aliphatic rings. The monoisotopic (exact) mass is 1020 g/mol. The number of aromatic nitrogens is 4. The minimum atomic E-state index is -0.595. The first kappa shape index (κ1) is 52.0. The van der Waals surface area contributed by atoms with E-state index in [-0.39, 0.29) is 34.8 Å². The van der Waals surface area contributed by atoms with Gasteiger partial charge in [0.1, 0.15) is 12.1 Å². The average Bonchev–Trinajstić information content (AvgIpc) is 3.86. The van der Waals surface area contributed by atoms with Crippen LogP contribution in [0.5, 0.6) is 0 Å². The molecule has 75 heavy (non-hydrogen) atoms. The first-order valence-electron chi connectivity index (χ1n) is 26.8. The molecule has 0 spiro atoms. The molecule has 5 aromatic rings. The lowest BCUT2D eigenvalue weighted by atomic mass is 9.89. The predicted molar refractivity (Wildman–Crippen MR) is 280 cm³/mol. The molecule has 1 atom stereocenters. The van der Waals surface area contributed by atoms with Crippen molar-refractivity contribution in [3.05, 3.63) is 135 Å². The molecule has 2 aromatic heterocycles. The van der Waals surface area contributed by atoms with E-state index in [1.165, 1.54) is 6.07 Å². The van der Waals surface area contributed by atoms with Crippen LogP contribution in [0, 0.1) is 11.7 Å². The van der Waals surface area contributed by atoms with Gasteiger partial charge in [0.15, 0.2) is 0 Å². The van der Waals surface area contributed by atoms with Crippen LogP contribution in [-0.4, -0.2) is 203 Å². The highest BCUT2D eigenvalue weighted by Gasteiger charge is 2.31. The molecule has 4 amide bonds. The van der Waals surface area contributed by atoms with Gasteiger partial charge in [0, 0.05) is 133 Å². The molecule has 5 aliphatic heterocycles. The predicted octanol–water partition coefficient (Wildman–Crippen LogP) is 3.23. The number of fused-ring (bicyclic) bond motifs is 2. The van der Waals surface area contributed by atoms with Gasteiger partial charge in [0.25, 0.3) is 17.4 Å². The number of aromatic amines is 1. The highest BCUT2D eigenvalue weighted by atomic mass is 19.1. The molecule has 396 valence electrons. The van der Waals surface area contributed by atoms with Crippen molar-refractivity contribution in [2.75, 3.05) is 124 Å². The number of hydrogen-bond donors (Lipinski definition) is 2. The average molecular weight is 1030 g/mol. The van der Waals surface area contributed by atoms with Crippen molar-refractivity contribution in [1.82, 2.24) is 59.8 Å². The third-order valence-corrected chi connectivity index (χ3v) is 15.9. The van der Waals surface area contributed by atoms with Gasteiger partial charge in [0.2, 0.25) is 11.8 Å². The molecule has 4 fully saturated rings.